The van der Waals surface area contributed by atoms with Crippen LogP contribution in [0.15, 0.2) is 61.3 Å². The lowest BCUT2D eigenvalue weighted by Gasteiger charge is -2.32. The van der Waals surface area contributed by atoms with Gasteiger partial charge in [-0.2, -0.15) is 0 Å². The highest BCUT2D eigenvalue weighted by Crippen LogP contribution is 2.25. The minimum absolute atomic E-state index is 0.198. The van der Waals surface area contributed by atoms with E-state index in [9.17, 15) is 4.79 Å². The Hall–Kier alpha value is -3.05. The van der Waals surface area contributed by atoms with E-state index in [4.69, 9.17) is 0 Å². The van der Waals surface area contributed by atoms with E-state index in [0.29, 0.717) is 11.4 Å². The summed E-state index contributed by atoms with van der Waals surface area (Å²) in [6.45, 7) is 3.74. The molecule has 8 nitrogen and oxygen atoms in total. The highest BCUT2D eigenvalue weighted by atomic mass is 127. The van der Waals surface area contributed by atoms with E-state index in [-0.39, 0.29) is 5.91 Å². The third-order valence-corrected chi connectivity index (χ3v) is 6.60. The van der Waals surface area contributed by atoms with Gasteiger partial charge in [-0.05, 0) is 29.7 Å². The fourth-order valence-electron chi connectivity index (χ4n) is 3.84. The van der Waals surface area contributed by atoms with Crippen molar-refractivity contribution < 1.29 is 4.79 Å². The number of aryl methyl sites for hydroxylation is 1. The van der Waals surface area contributed by atoms with Gasteiger partial charge >= 0.3 is 0 Å². The summed E-state index contributed by atoms with van der Waals surface area (Å²) in [5, 5.41) is 4.94. The molecule has 1 aliphatic heterocycles. The van der Waals surface area contributed by atoms with Crippen molar-refractivity contribution in [1.29, 1.82) is 0 Å². The Kier molecular flexibility index (Phi) is 5.75. The number of imidazole rings is 1. The molecule has 4 aromatic rings. The van der Waals surface area contributed by atoms with E-state index >= 15 is 0 Å². The maximum atomic E-state index is 12.9. The Labute approximate surface area is 199 Å². The topological polar surface area (TPSA) is 79.2 Å². The smallest absolute Gasteiger partial charge is 0.257 e. The molecule has 1 saturated heterocycles. The van der Waals surface area contributed by atoms with Crippen LogP contribution in [0.2, 0.25) is 0 Å². The van der Waals surface area contributed by atoms with Crippen molar-refractivity contribution in [2.24, 2.45) is 7.05 Å². The quantitative estimate of drug-likeness (QED) is 0.315. The number of fused-ring (bicyclic) bond motifs is 1. The van der Waals surface area contributed by atoms with Crippen molar-refractivity contribution >= 4 is 51.2 Å². The Balaban J connectivity index is 1.36. The first kappa shape index (κ1) is 20.8. The molecule has 0 aliphatic carbocycles. The van der Waals surface area contributed by atoms with Crippen LogP contribution in [0, 0.1) is 0 Å². The Morgan fingerprint density at radius 3 is 2.62 bits per heavy atom. The fourth-order valence-corrected chi connectivity index (χ4v) is 4.27. The number of hydrogen-bond donors (Lipinski definition) is 1. The zero-order chi connectivity index (χ0) is 22.1. The first-order valence-electron chi connectivity index (χ1n) is 10.4. The number of pyridine rings is 2. The lowest BCUT2D eigenvalue weighted by Crippen LogP contribution is -2.42. The SMILES string of the molecule is Cn1cncc1-c1ccc2cnc(NC(=O)c3ccnc(N4CCN(I)CC4)c3)cc2c1. The molecule has 3 aromatic heterocycles. The molecule has 1 amide bonds. The number of nitrogens with zero attached hydrogens (tertiary/aromatic N) is 6. The second-order valence-electron chi connectivity index (χ2n) is 7.78. The highest BCUT2D eigenvalue weighted by Gasteiger charge is 2.18. The second kappa shape index (κ2) is 8.83. The number of benzene rings is 1. The number of rotatable bonds is 4. The normalized spacial score (nSPS) is 14.6. The van der Waals surface area contributed by atoms with Crippen molar-refractivity contribution in [3.63, 3.8) is 0 Å². The van der Waals surface area contributed by atoms with Gasteiger partial charge in [-0.3, -0.25) is 4.79 Å². The molecule has 1 fully saturated rings. The zero-order valence-electron chi connectivity index (χ0n) is 17.6. The van der Waals surface area contributed by atoms with Gasteiger partial charge in [0.25, 0.3) is 5.91 Å². The lowest BCUT2D eigenvalue weighted by atomic mass is 10.1. The summed E-state index contributed by atoms with van der Waals surface area (Å²) in [5.41, 5.74) is 2.66. The van der Waals surface area contributed by atoms with Crippen molar-refractivity contribution in [3.8, 4) is 11.3 Å². The van der Waals surface area contributed by atoms with Crippen molar-refractivity contribution in [2.75, 3.05) is 36.4 Å². The van der Waals surface area contributed by atoms with Crippen LogP contribution in [0.1, 0.15) is 10.4 Å². The second-order valence-corrected chi connectivity index (χ2v) is 9.14. The van der Waals surface area contributed by atoms with Gasteiger partial charge in [0.2, 0.25) is 0 Å². The van der Waals surface area contributed by atoms with E-state index in [0.717, 1.165) is 54.0 Å². The molecule has 0 bridgehead atoms. The molecule has 32 heavy (non-hydrogen) atoms. The van der Waals surface area contributed by atoms with Crippen LogP contribution >= 0.6 is 22.9 Å². The zero-order valence-corrected chi connectivity index (χ0v) is 19.7. The van der Waals surface area contributed by atoms with Gasteiger partial charge in [0.1, 0.15) is 11.6 Å². The number of amides is 1. The monoisotopic (exact) mass is 539 g/mol. The van der Waals surface area contributed by atoms with Crippen LogP contribution in [0.3, 0.4) is 0 Å². The van der Waals surface area contributed by atoms with Gasteiger partial charge in [0, 0.05) is 85.0 Å². The van der Waals surface area contributed by atoms with Crippen LogP contribution in [0.4, 0.5) is 11.6 Å². The van der Waals surface area contributed by atoms with Crippen LogP contribution < -0.4 is 10.2 Å². The molecule has 1 N–H and O–H groups in total. The maximum Gasteiger partial charge on any atom is 0.257 e. The van der Waals surface area contributed by atoms with Crippen LogP contribution in [0.25, 0.3) is 22.0 Å². The molecule has 162 valence electrons. The van der Waals surface area contributed by atoms with Gasteiger partial charge in [-0.15, -0.1) is 0 Å². The van der Waals surface area contributed by atoms with Gasteiger partial charge < -0.3 is 14.8 Å². The molecule has 1 aromatic carbocycles. The molecule has 1 aliphatic rings. The summed E-state index contributed by atoms with van der Waals surface area (Å²) in [4.78, 5) is 28.2. The summed E-state index contributed by atoms with van der Waals surface area (Å²) in [6, 6.07) is 11.6. The largest absolute Gasteiger partial charge is 0.354 e. The fraction of sp³-hybridized carbons (Fsp3) is 0.217. The predicted molar refractivity (Wildman–Crippen MR) is 134 cm³/mol. The van der Waals surface area contributed by atoms with Gasteiger partial charge in [-0.1, -0.05) is 12.1 Å². The van der Waals surface area contributed by atoms with Crippen LogP contribution in [-0.4, -0.2) is 54.7 Å². The van der Waals surface area contributed by atoms with Crippen LogP contribution in [-0.2, 0) is 7.05 Å². The molecular formula is C23H22IN7O. The number of hydrogen-bond acceptors (Lipinski definition) is 6. The third kappa shape index (κ3) is 4.30. The van der Waals surface area contributed by atoms with E-state index in [1.54, 1.807) is 24.8 Å². The van der Waals surface area contributed by atoms with Crippen molar-refractivity contribution in [1.82, 2.24) is 22.6 Å². The van der Waals surface area contributed by atoms with Gasteiger partial charge in [-0.25, -0.2) is 18.1 Å². The summed E-state index contributed by atoms with van der Waals surface area (Å²) < 4.78 is 4.24. The number of piperazine rings is 1. The first-order valence-corrected chi connectivity index (χ1v) is 11.3. The van der Waals surface area contributed by atoms with E-state index < -0.39 is 0 Å². The van der Waals surface area contributed by atoms with Gasteiger partial charge in [0.05, 0.1) is 18.2 Å². The third-order valence-electron chi connectivity index (χ3n) is 5.63. The number of carbonyl (C=O) groups excluding carboxylic acids is 1. The molecule has 9 heteroatoms. The lowest BCUT2D eigenvalue weighted by molar-refractivity contribution is 0.102. The molecule has 5 rings (SSSR count). The Bertz CT molecular complexity index is 1280. The molecule has 0 unspecified atom stereocenters. The molecule has 0 radical (unpaired) electrons. The molecule has 4 heterocycles. The number of aromatic nitrogens is 4. The number of nitrogens with one attached hydrogen (secondary N) is 1. The minimum atomic E-state index is -0.198. The standard InChI is InChI=1S/C23H22IN7O/c1-29-15-25-14-20(29)16-2-3-18-13-27-21(11-19(18)10-16)28-23(32)17-4-5-26-22(12-17)30-6-8-31(24)9-7-30/h2-5,10-15H,6-9H2,1H3,(H,27,28,32). The highest BCUT2D eigenvalue weighted by molar-refractivity contribution is 14.1. The Morgan fingerprint density at radius 2 is 1.84 bits per heavy atom. The van der Waals surface area contributed by atoms with Gasteiger partial charge in [0.15, 0.2) is 0 Å². The summed E-state index contributed by atoms with van der Waals surface area (Å²) >= 11 is 2.34. The van der Waals surface area contributed by atoms with Crippen molar-refractivity contribution in [2.45, 2.75) is 0 Å². The maximum absolute atomic E-state index is 12.9. The predicted octanol–water partition coefficient (Wildman–Crippen LogP) is 3.75. The van der Waals surface area contributed by atoms with E-state index in [2.05, 4.69) is 63.3 Å². The average molecular weight is 539 g/mol. The first-order chi connectivity index (χ1) is 15.6. The number of anilines is 2. The number of carbonyl (C=O) groups is 1. The average Bonchev–Trinajstić information content (AvgIpc) is 3.25. The van der Waals surface area contributed by atoms with E-state index in [1.165, 1.54) is 0 Å². The minimum Gasteiger partial charge on any atom is -0.354 e. The van der Waals surface area contributed by atoms with Crippen molar-refractivity contribution in [3.05, 3.63) is 66.9 Å². The summed E-state index contributed by atoms with van der Waals surface area (Å²) in [7, 11) is 1.97. The summed E-state index contributed by atoms with van der Waals surface area (Å²) in [6.07, 6.45) is 7.09. The Morgan fingerprint density at radius 1 is 1.00 bits per heavy atom. The number of halogens is 1. The summed E-state index contributed by atoms with van der Waals surface area (Å²) in [5.74, 6) is 1.15. The molecule has 0 spiro atoms. The molecular weight excluding hydrogens is 517 g/mol. The molecule has 0 saturated carbocycles. The van der Waals surface area contributed by atoms with Crippen LogP contribution in [0.5, 0.6) is 0 Å². The van der Waals surface area contributed by atoms with E-state index in [1.807, 2.05) is 36.0 Å². The molecule has 0 atom stereocenters.